The second-order valence-corrected chi connectivity index (χ2v) is 11.7. The van der Waals surface area contributed by atoms with E-state index in [1.807, 2.05) is 42.7 Å². The molecule has 1 saturated carbocycles. The first-order valence-corrected chi connectivity index (χ1v) is 15.7. The van der Waals surface area contributed by atoms with Gasteiger partial charge in [-0.05, 0) is 74.1 Å². The predicted octanol–water partition coefficient (Wildman–Crippen LogP) is 5.83. The minimum Gasteiger partial charge on any atom is -0.491 e. The maximum Gasteiger partial charge on any atom is 0.290 e. The van der Waals surface area contributed by atoms with Gasteiger partial charge in [-0.1, -0.05) is 37.5 Å². The quantitative estimate of drug-likeness (QED) is 0.121. The van der Waals surface area contributed by atoms with Gasteiger partial charge in [0, 0.05) is 43.4 Å². The molecule has 0 radical (unpaired) electrons. The van der Waals surface area contributed by atoms with Crippen molar-refractivity contribution in [3.8, 4) is 5.75 Å². The molecule has 1 atom stereocenters. The number of aliphatic hydroxyl groups is 1. The van der Waals surface area contributed by atoms with Gasteiger partial charge in [-0.3, -0.25) is 14.8 Å². The number of β-amino-alcohol motifs (C(OH)–C–C–N with tert-alkyl or cyclic N) is 1. The first-order chi connectivity index (χ1) is 22.0. The number of ether oxygens (including phenoxy) is 1. The monoisotopic (exact) mass is 613 g/mol. The topological polar surface area (TPSA) is 140 Å². The largest absolute Gasteiger partial charge is 0.491 e. The molecule has 1 aliphatic carbocycles. The fourth-order valence-corrected chi connectivity index (χ4v) is 6.12. The summed E-state index contributed by atoms with van der Waals surface area (Å²) in [5, 5.41) is 29.2. The summed E-state index contributed by atoms with van der Waals surface area (Å²) in [5.41, 5.74) is 4.24. The lowest BCUT2D eigenvalue weighted by Crippen LogP contribution is -2.37. The zero-order valence-corrected chi connectivity index (χ0v) is 25.8. The molecule has 0 spiro atoms. The van der Waals surface area contributed by atoms with Crippen LogP contribution in [-0.2, 0) is 4.79 Å². The molecule has 6 rings (SSSR count). The number of nitrogens with one attached hydrogen (secondary N) is 2. The lowest BCUT2D eigenvalue weighted by molar-refractivity contribution is -0.122. The van der Waals surface area contributed by atoms with E-state index in [1.165, 1.54) is 37.7 Å². The van der Waals surface area contributed by atoms with Crippen LogP contribution in [0.1, 0.15) is 44.1 Å². The highest BCUT2D eigenvalue weighted by atomic mass is 16.5. The number of carbonyl (C=O) groups is 1. The first-order valence-electron chi connectivity index (χ1n) is 15.7. The highest BCUT2D eigenvalue weighted by molar-refractivity contribution is 5.95. The maximum absolute atomic E-state index is 10.4. The molecular formula is C34H43N7O4. The maximum atomic E-state index is 10.4. The lowest BCUT2D eigenvalue weighted by atomic mass is 9.88. The molecular weight excluding hydrogens is 570 g/mol. The Kier molecular flexibility index (Phi) is 11.4. The van der Waals surface area contributed by atoms with E-state index in [0.717, 1.165) is 59.9 Å². The van der Waals surface area contributed by atoms with Crippen molar-refractivity contribution in [2.75, 3.05) is 43.0 Å². The summed E-state index contributed by atoms with van der Waals surface area (Å²) < 4.78 is 5.86. The molecule has 4 aromatic rings. The normalized spacial score (nSPS) is 16.0. The molecule has 11 heteroatoms. The number of aryl methyl sites for hydroxylation is 1. The van der Waals surface area contributed by atoms with Crippen LogP contribution in [0.15, 0.2) is 67.0 Å². The van der Waals surface area contributed by atoms with Gasteiger partial charge in [0.1, 0.15) is 24.3 Å². The third-order valence-electron chi connectivity index (χ3n) is 8.31. The van der Waals surface area contributed by atoms with Crippen molar-refractivity contribution in [1.82, 2.24) is 25.1 Å². The smallest absolute Gasteiger partial charge is 0.290 e. The first kappa shape index (κ1) is 31.9. The van der Waals surface area contributed by atoms with Crippen LogP contribution in [0.2, 0.25) is 0 Å². The van der Waals surface area contributed by atoms with Crippen LogP contribution in [-0.4, -0.2) is 80.6 Å². The van der Waals surface area contributed by atoms with E-state index in [4.69, 9.17) is 19.6 Å². The average molecular weight is 614 g/mol. The number of benzene rings is 2. The number of fused-ring (bicyclic) bond motifs is 1. The van der Waals surface area contributed by atoms with Gasteiger partial charge in [-0.25, -0.2) is 4.98 Å². The predicted molar refractivity (Wildman–Crippen MR) is 177 cm³/mol. The zero-order valence-electron chi connectivity index (χ0n) is 25.8. The van der Waals surface area contributed by atoms with Crippen LogP contribution < -0.4 is 15.0 Å². The Morgan fingerprint density at radius 1 is 1.13 bits per heavy atom. The molecule has 1 fully saturated rings. The molecule has 45 heavy (non-hydrogen) atoms. The molecule has 3 heterocycles. The average Bonchev–Trinajstić information content (AvgIpc) is 3.54. The van der Waals surface area contributed by atoms with Crippen LogP contribution in [0, 0.1) is 12.8 Å². The van der Waals surface area contributed by atoms with E-state index in [-0.39, 0.29) is 13.1 Å². The Morgan fingerprint density at radius 3 is 2.69 bits per heavy atom. The van der Waals surface area contributed by atoms with Crippen molar-refractivity contribution in [2.24, 2.45) is 5.92 Å². The molecule has 0 saturated heterocycles. The summed E-state index contributed by atoms with van der Waals surface area (Å²) in [4.78, 5) is 22.5. The van der Waals surface area contributed by atoms with Gasteiger partial charge >= 0.3 is 0 Å². The fraction of sp³-hybridized carbons (Fsp3) is 0.412. The SMILES string of the molecule is Cc1ccc2[nH]ncc2c1N(CC1CCCCC1)c1ccnc(Nc2ccc(OCC(O)CN3CC=CCC3)cc2)n1.O=CO. The van der Waals surface area contributed by atoms with Crippen molar-refractivity contribution < 1.29 is 19.7 Å². The summed E-state index contributed by atoms with van der Waals surface area (Å²) in [7, 11) is 0. The number of aromatic amines is 1. The molecule has 4 N–H and O–H groups in total. The van der Waals surface area contributed by atoms with Crippen molar-refractivity contribution in [3.05, 3.63) is 72.6 Å². The molecule has 2 aromatic heterocycles. The number of aromatic nitrogens is 4. The molecule has 11 nitrogen and oxygen atoms in total. The summed E-state index contributed by atoms with van der Waals surface area (Å²) in [6.45, 7) is 5.56. The van der Waals surface area contributed by atoms with Gasteiger partial charge in [0.15, 0.2) is 0 Å². The number of anilines is 4. The van der Waals surface area contributed by atoms with Gasteiger partial charge in [0.05, 0.1) is 17.4 Å². The fourth-order valence-electron chi connectivity index (χ4n) is 6.12. The van der Waals surface area contributed by atoms with Gasteiger partial charge in [0.25, 0.3) is 6.47 Å². The number of hydrogen-bond acceptors (Lipinski definition) is 9. The highest BCUT2D eigenvalue weighted by Gasteiger charge is 2.23. The molecule has 0 bridgehead atoms. The number of nitrogens with zero attached hydrogens (tertiary/aromatic N) is 5. The minimum absolute atomic E-state index is 0.250. The van der Waals surface area contributed by atoms with Crippen molar-refractivity contribution in [2.45, 2.75) is 51.6 Å². The van der Waals surface area contributed by atoms with E-state index < -0.39 is 6.10 Å². The van der Waals surface area contributed by atoms with Crippen LogP contribution in [0.3, 0.4) is 0 Å². The van der Waals surface area contributed by atoms with Crippen LogP contribution in [0.5, 0.6) is 5.75 Å². The Bertz CT molecular complexity index is 1540. The number of carboxylic acid groups (broad SMARTS) is 1. The van der Waals surface area contributed by atoms with Crippen molar-refractivity contribution >= 4 is 40.5 Å². The van der Waals surface area contributed by atoms with Crippen LogP contribution in [0.25, 0.3) is 10.9 Å². The standard InChI is InChI=1S/C33H41N7O2.CH2O2/c1-24-10-15-30-29(20-35-38-30)32(24)40(21-25-8-4-2-5-9-25)31-16-17-34-33(37-31)36-26-11-13-28(14-12-26)42-23-27(41)22-39-18-6-3-7-19-39;2-1-3/h3,6,10-17,20,25,27,41H,2,4-5,7-9,18-19,21-23H2,1H3,(H,35,38)(H,34,36,37);1H,(H,2,3). The van der Waals surface area contributed by atoms with E-state index in [0.29, 0.717) is 18.4 Å². The Balaban J connectivity index is 0.00000128. The minimum atomic E-state index is -0.529. The van der Waals surface area contributed by atoms with E-state index >= 15 is 0 Å². The Hall–Kier alpha value is -4.48. The van der Waals surface area contributed by atoms with Gasteiger partial charge < -0.3 is 25.2 Å². The second-order valence-electron chi connectivity index (χ2n) is 11.7. The summed E-state index contributed by atoms with van der Waals surface area (Å²) in [6, 6.07) is 13.9. The number of hydrogen-bond donors (Lipinski definition) is 4. The summed E-state index contributed by atoms with van der Waals surface area (Å²) in [6.07, 6.45) is 15.0. The van der Waals surface area contributed by atoms with E-state index in [2.05, 4.69) is 61.5 Å². The Morgan fingerprint density at radius 2 is 1.93 bits per heavy atom. The third kappa shape index (κ3) is 8.80. The highest BCUT2D eigenvalue weighted by Crippen LogP contribution is 2.37. The number of rotatable bonds is 11. The van der Waals surface area contributed by atoms with Crippen LogP contribution in [0.4, 0.5) is 23.1 Å². The lowest BCUT2D eigenvalue weighted by Gasteiger charge is -2.32. The molecule has 0 amide bonds. The van der Waals surface area contributed by atoms with Gasteiger partial charge in [-0.2, -0.15) is 10.1 Å². The van der Waals surface area contributed by atoms with Gasteiger partial charge in [-0.15, -0.1) is 0 Å². The van der Waals surface area contributed by atoms with E-state index in [1.54, 1.807) is 0 Å². The summed E-state index contributed by atoms with van der Waals surface area (Å²) >= 11 is 0. The van der Waals surface area contributed by atoms with Crippen molar-refractivity contribution in [1.29, 1.82) is 0 Å². The van der Waals surface area contributed by atoms with Crippen LogP contribution >= 0.6 is 0 Å². The number of aliphatic hydroxyl groups excluding tert-OH is 1. The second kappa shape index (κ2) is 16.0. The Labute approximate surface area is 264 Å². The molecule has 1 unspecified atom stereocenters. The van der Waals surface area contributed by atoms with E-state index in [9.17, 15) is 5.11 Å². The molecule has 2 aliphatic rings. The van der Waals surface area contributed by atoms with Gasteiger partial charge in [0.2, 0.25) is 5.95 Å². The zero-order chi connectivity index (χ0) is 31.4. The molecule has 238 valence electrons. The summed E-state index contributed by atoms with van der Waals surface area (Å²) in [5.74, 6) is 2.75. The van der Waals surface area contributed by atoms with Crippen molar-refractivity contribution in [3.63, 3.8) is 0 Å². The molecule has 2 aromatic carbocycles. The number of H-pyrrole nitrogens is 1. The third-order valence-corrected chi connectivity index (χ3v) is 8.31. The molecule has 1 aliphatic heterocycles.